The van der Waals surface area contributed by atoms with E-state index in [4.69, 9.17) is 4.42 Å². The standard InChI is InChI=1S/C45H27N5O/c46-24-27-16-19-39-35(22-27)36-23-28(25-47)17-20-40(36)49(39)44-29(26-48)8-7-12-32(44)30-9-1-4-13-37(30)50-38-14-5-2-10-31(38)33-18-21-42-43(45(33)50)34-11-3-6-15-41(34)51-42/h1-23,33,35,39,45H. The van der Waals surface area contributed by atoms with Crippen LogP contribution in [-0.2, 0) is 0 Å². The Morgan fingerprint density at radius 1 is 0.608 bits per heavy atom. The first-order valence-electron chi connectivity index (χ1n) is 17.0. The number of nitriles is 3. The van der Waals surface area contributed by atoms with Crippen LogP contribution in [0.5, 0.6) is 0 Å². The maximum Gasteiger partial charge on any atom is 0.135 e. The Bertz CT molecular complexity index is 2690. The summed E-state index contributed by atoms with van der Waals surface area (Å²) in [6.07, 6.45) is 10.3. The minimum Gasteiger partial charge on any atom is -0.456 e. The van der Waals surface area contributed by atoms with Gasteiger partial charge in [-0.3, -0.25) is 0 Å². The summed E-state index contributed by atoms with van der Waals surface area (Å²) in [6, 6.07) is 43.9. The molecule has 3 heterocycles. The number of rotatable bonds is 3. The van der Waals surface area contributed by atoms with E-state index in [1.807, 2.05) is 54.6 Å². The third-order valence-corrected chi connectivity index (χ3v) is 10.8. The SMILES string of the molecule is N#CC1=CC2c3cc(C#N)ccc3N(c3c(C#N)cccc3-c3ccccc3N3c4ccccc4C4C=Cc5oc6ccccc6c5C43)C2C=C1. The van der Waals surface area contributed by atoms with Crippen molar-refractivity contribution in [3.8, 4) is 29.3 Å². The second-order valence-electron chi connectivity index (χ2n) is 13.3. The molecule has 6 nitrogen and oxygen atoms in total. The zero-order chi connectivity index (χ0) is 34.2. The molecular formula is C45H27N5O. The molecule has 0 bridgehead atoms. The molecule has 4 atom stereocenters. The highest BCUT2D eigenvalue weighted by molar-refractivity contribution is 5.97. The van der Waals surface area contributed by atoms with E-state index in [9.17, 15) is 15.8 Å². The molecule has 4 aliphatic rings. The van der Waals surface area contributed by atoms with Gasteiger partial charge in [-0.05, 0) is 65.7 Å². The van der Waals surface area contributed by atoms with E-state index in [1.165, 1.54) is 11.1 Å². The minimum absolute atomic E-state index is 0.0492. The molecule has 4 unspecified atom stereocenters. The summed E-state index contributed by atoms with van der Waals surface area (Å²) in [7, 11) is 0. The number of hydrogen-bond donors (Lipinski definition) is 0. The summed E-state index contributed by atoms with van der Waals surface area (Å²) in [5, 5.41) is 31.4. The quantitative estimate of drug-likeness (QED) is 0.189. The number of furan rings is 1. The first-order chi connectivity index (χ1) is 25.2. The molecule has 238 valence electrons. The van der Waals surface area contributed by atoms with Crippen LogP contribution in [0.1, 0.15) is 51.5 Å². The van der Waals surface area contributed by atoms with E-state index in [-0.39, 0.29) is 23.9 Å². The summed E-state index contributed by atoms with van der Waals surface area (Å²) in [5.74, 6) is 0.836. The van der Waals surface area contributed by atoms with Crippen LogP contribution in [0.4, 0.5) is 22.7 Å². The number of allylic oxidation sites excluding steroid dienone is 2. The van der Waals surface area contributed by atoms with Crippen molar-refractivity contribution in [2.45, 2.75) is 23.9 Å². The number of hydrogen-bond acceptors (Lipinski definition) is 6. The molecule has 6 heteroatoms. The first-order valence-corrected chi connectivity index (χ1v) is 17.0. The second kappa shape index (κ2) is 11.0. The van der Waals surface area contributed by atoms with Crippen molar-refractivity contribution >= 4 is 39.8 Å². The smallest absolute Gasteiger partial charge is 0.135 e. The highest BCUT2D eigenvalue weighted by Crippen LogP contribution is 2.59. The molecule has 0 radical (unpaired) electrons. The predicted molar refractivity (Wildman–Crippen MR) is 199 cm³/mol. The number of para-hydroxylation sites is 4. The van der Waals surface area contributed by atoms with Crippen molar-refractivity contribution in [2.75, 3.05) is 9.80 Å². The highest BCUT2D eigenvalue weighted by Gasteiger charge is 2.45. The maximum absolute atomic E-state index is 10.7. The van der Waals surface area contributed by atoms with Crippen molar-refractivity contribution in [1.29, 1.82) is 15.8 Å². The summed E-state index contributed by atoms with van der Waals surface area (Å²) in [4.78, 5) is 4.70. The Kier molecular flexibility index (Phi) is 6.22. The maximum atomic E-state index is 10.7. The van der Waals surface area contributed by atoms with Gasteiger partial charge in [0.15, 0.2) is 0 Å². The highest BCUT2D eigenvalue weighted by atomic mass is 16.3. The van der Waals surface area contributed by atoms with E-state index in [2.05, 4.69) is 113 Å². The van der Waals surface area contributed by atoms with Crippen molar-refractivity contribution < 1.29 is 4.42 Å². The van der Waals surface area contributed by atoms with E-state index < -0.39 is 0 Å². The Morgan fingerprint density at radius 3 is 2.25 bits per heavy atom. The van der Waals surface area contributed by atoms with Gasteiger partial charge in [0.1, 0.15) is 17.4 Å². The van der Waals surface area contributed by atoms with Gasteiger partial charge in [0, 0.05) is 56.5 Å². The van der Waals surface area contributed by atoms with Crippen LogP contribution in [0.25, 0.3) is 28.2 Å². The normalized spacial score (nSPS) is 20.4. The number of fused-ring (bicyclic) bond motifs is 10. The van der Waals surface area contributed by atoms with Crippen molar-refractivity contribution in [3.05, 3.63) is 173 Å². The molecule has 6 aromatic rings. The zero-order valence-electron chi connectivity index (χ0n) is 27.2. The van der Waals surface area contributed by atoms with Gasteiger partial charge in [0.2, 0.25) is 0 Å². The van der Waals surface area contributed by atoms with Gasteiger partial charge in [0.05, 0.1) is 41.0 Å². The second-order valence-corrected chi connectivity index (χ2v) is 13.3. The Labute approximate surface area is 294 Å². The van der Waals surface area contributed by atoms with Gasteiger partial charge in [-0.2, -0.15) is 15.8 Å². The number of benzene rings is 5. The molecule has 2 aliphatic heterocycles. The fourth-order valence-corrected chi connectivity index (χ4v) is 8.80. The van der Waals surface area contributed by atoms with Crippen LogP contribution < -0.4 is 9.80 Å². The number of nitrogens with zero attached hydrogens (tertiary/aromatic N) is 5. The third-order valence-electron chi connectivity index (χ3n) is 10.8. The van der Waals surface area contributed by atoms with E-state index in [0.29, 0.717) is 16.7 Å². The topological polar surface area (TPSA) is 91.0 Å². The van der Waals surface area contributed by atoms with Crippen LogP contribution in [0.15, 0.2) is 143 Å². The molecule has 0 fully saturated rings. The Morgan fingerprint density at radius 2 is 1.39 bits per heavy atom. The van der Waals surface area contributed by atoms with Crippen LogP contribution in [0.2, 0.25) is 0 Å². The lowest BCUT2D eigenvalue weighted by Crippen LogP contribution is -2.30. The zero-order valence-corrected chi connectivity index (χ0v) is 27.2. The fourth-order valence-electron chi connectivity index (χ4n) is 8.80. The van der Waals surface area contributed by atoms with Gasteiger partial charge in [-0.15, -0.1) is 0 Å². The third kappa shape index (κ3) is 4.07. The summed E-state index contributed by atoms with van der Waals surface area (Å²) in [6.45, 7) is 0. The van der Waals surface area contributed by atoms with E-state index >= 15 is 0 Å². The monoisotopic (exact) mass is 653 g/mol. The average molecular weight is 654 g/mol. The fraction of sp³-hybridized carbons (Fsp3) is 0.0889. The van der Waals surface area contributed by atoms with E-state index in [1.54, 1.807) is 0 Å². The number of anilines is 4. The lowest BCUT2D eigenvalue weighted by Gasteiger charge is -2.35. The molecule has 0 spiro atoms. The van der Waals surface area contributed by atoms with Crippen molar-refractivity contribution in [1.82, 2.24) is 0 Å². The van der Waals surface area contributed by atoms with Gasteiger partial charge in [-0.1, -0.05) is 85.0 Å². The van der Waals surface area contributed by atoms with E-state index in [0.717, 1.165) is 56.2 Å². The van der Waals surface area contributed by atoms with Crippen LogP contribution in [0, 0.1) is 34.0 Å². The first kappa shape index (κ1) is 28.9. The molecule has 0 amide bonds. The van der Waals surface area contributed by atoms with Crippen molar-refractivity contribution in [2.24, 2.45) is 0 Å². The van der Waals surface area contributed by atoms with Gasteiger partial charge in [0.25, 0.3) is 0 Å². The van der Waals surface area contributed by atoms with Gasteiger partial charge < -0.3 is 14.2 Å². The van der Waals surface area contributed by atoms with Gasteiger partial charge in [-0.25, -0.2) is 0 Å². The molecule has 0 N–H and O–H groups in total. The largest absolute Gasteiger partial charge is 0.456 e. The van der Waals surface area contributed by atoms with Crippen LogP contribution >= 0.6 is 0 Å². The Balaban J connectivity index is 1.21. The molecule has 0 saturated carbocycles. The lowest BCUT2D eigenvalue weighted by molar-refractivity contribution is 0.573. The molecule has 2 aliphatic carbocycles. The molecule has 0 saturated heterocycles. The summed E-state index contributed by atoms with van der Waals surface area (Å²) >= 11 is 0. The van der Waals surface area contributed by atoms with Gasteiger partial charge >= 0.3 is 0 Å². The van der Waals surface area contributed by atoms with Crippen molar-refractivity contribution in [3.63, 3.8) is 0 Å². The predicted octanol–water partition coefficient (Wildman–Crippen LogP) is 10.5. The summed E-state index contributed by atoms with van der Waals surface area (Å²) < 4.78 is 6.42. The molecular weight excluding hydrogens is 627 g/mol. The average Bonchev–Trinajstić information content (AvgIpc) is 3.84. The van der Waals surface area contributed by atoms with Crippen LogP contribution in [0.3, 0.4) is 0 Å². The van der Waals surface area contributed by atoms with Crippen LogP contribution in [-0.4, -0.2) is 6.04 Å². The summed E-state index contributed by atoms with van der Waals surface area (Å²) in [5.41, 5.74) is 11.8. The molecule has 51 heavy (non-hydrogen) atoms. The molecule has 5 aromatic carbocycles. The Hall–Kier alpha value is -7.07. The minimum atomic E-state index is -0.188. The lowest BCUT2D eigenvalue weighted by atomic mass is 9.84. The molecule has 10 rings (SSSR count). The molecule has 1 aromatic heterocycles.